The quantitative estimate of drug-likeness (QED) is 0.220. The van der Waals surface area contributed by atoms with Crippen molar-refractivity contribution in [2.45, 2.75) is 30.6 Å². The number of aliphatic hydroxyl groups is 6. The summed E-state index contributed by atoms with van der Waals surface area (Å²) >= 11 is 0. The maximum absolute atomic E-state index is 9.05. The second-order valence-electron chi connectivity index (χ2n) is 2.71. The third kappa shape index (κ3) is 3.53. The van der Waals surface area contributed by atoms with Crippen LogP contribution in [0.1, 0.15) is 0 Å². The summed E-state index contributed by atoms with van der Waals surface area (Å²) < 4.78 is 0. The number of aliphatic hydroxyl groups excluding tert-OH is 6. The molecule has 7 heteroatoms. The van der Waals surface area contributed by atoms with Crippen LogP contribution in [0.15, 0.2) is 0 Å². The molecular formula is C6H15NO6. The molecule has 0 aliphatic heterocycles. The zero-order valence-electron chi connectivity index (χ0n) is 6.85. The lowest BCUT2D eigenvalue weighted by atomic mass is 10.0. The molecule has 0 fully saturated rings. The normalized spacial score (nSPS) is 23.3. The van der Waals surface area contributed by atoms with Gasteiger partial charge >= 0.3 is 0 Å². The van der Waals surface area contributed by atoms with Gasteiger partial charge in [0.25, 0.3) is 0 Å². The Bertz CT molecular complexity index is 143. The van der Waals surface area contributed by atoms with Gasteiger partial charge in [-0.2, -0.15) is 0 Å². The summed E-state index contributed by atoms with van der Waals surface area (Å²) in [5.74, 6) is 0. The molecule has 8 N–H and O–H groups in total. The minimum atomic E-state index is -1.82. The number of hydrogen-bond acceptors (Lipinski definition) is 7. The first-order valence-electron chi connectivity index (χ1n) is 3.68. The van der Waals surface area contributed by atoms with E-state index in [1.165, 1.54) is 0 Å². The van der Waals surface area contributed by atoms with Gasteiger partial charge in [-0.25, -0.2) is 0 Å². The minimum Gasteiger partial charge on any atom is -0.394 e. The van der Waals surface area contributed by atoms with Crippen LogP contribution in [0.25, 0.3) is 0 Å². The summed E-state index contributed by atoms with van der Waals surface area (Å²) in [6, 6.07) is 0. The van der Waals surface area contributed by atoms with Gasteiger partial charge < -0.3 is 36.4 Å². The Kier molecular flexibility index (Phi) is 5.33. The molecule has 0 rings (SSSR count). The SMILES string of the molecule is NC(O)[C@H](O)[C@H](O)[C@H](O)[C@@H](O)CO. The number of hydrogen-bond donors (Lipinski definition) is 7. The summed E-state index contributed by atoms with van der Waals surface area (Å²) in [5.41, 5.74) is 4.81. The minimum absolute atomic E-state index is 0.772. The third-order valence-electron chi connectivity index (χ3n) is 1.63. The van der Waals surface area contributed by atoms with Crippen LogP contribution in [-0.4, -0.2) is 67.9 Å². The molecule has 1 unspecified atom stereocenters. The topological polar surface area (TPSA) is 147 Å². The molecule has 80 valence electrons. The van der Waals surface area contributed by atoms with Crippen molar-refractivity contribution in [3.05, 3.63) is 0 Å². The molecule has 5 atom stereocenters. The molecule has 0 bridgehead atoms. The van der Waals surface area contributed by atoms with Gasteiger partial charge in [-0.15, -0.1) is 0 Å². The van der Waals surface area contributed by atoms with Crippen LogP contribution < -0.4 is 5.73 Å². The van der Waals surface area contributed by atoms with Crippen molar-refractivity contribution in [3.63, 3.8) is 0 Å². The van der Waals surface area contributed by atoms with Crippen LogP contribution in [0, 0.1) is 0 Å². The second-order valence-corrected chi connectivity index (χ2v) is 2.71. The van der Waals surface area contributed by atoms with Crippen LogP contribution in [0.4, 0.5) is 0 Å². The fourth-order valence-corrected chi connectivity index (χ4v) is 0.740. The Morgan fingerprint density at radius 2 is 1.31 bits per heavy atom. The van der Waals surface area contributed by atoms with Gasteiger partial charge in [0.05, 0.1) is 6.61 Å². The zero-order valence-corrected chi connectivity index (χ0v) is 6.85. The standard InChI is InChI=1S/C6H15NO6/c7-6(13)5(12)4(11)3(10)2(9)1-8/h2-6,8-13H,1,7H2/t2-,3+,4+,5+,6?/m0/s1. The Morgan fingerprint density at radius 3 is 1.62 bits per heavy atom. The van der Waals surface area contributed by atoms with Gasteiger partial charge in [-0.3, -0.25) is 0 Å². The zero-order chi connectivity index (χ0) is 10.6. The van der Waals surface area contributed by atoms with E-state index in [4.69, 9.17) is 36.4 Å². The van der Waals surface area contributed by atoms with E-state index in [1.54, 1.807) is 0 Å². The molecule has 0 saturated carbocycles. The molecule has 0 saturated heterocycles. The predicted octanol–water partition coefficient (Wildman–Crippen LogP) is -4.30. The van der Waals surface area contributed by atoms with E-state index in [1.807, 2.05) is 0 Å². The Morgan fingerprint density at radius 1 is 0.846 bits per heavy atom. The molecule has 0 aromatic rings. The summed E-state index contributed by atoms with van der Waals surface area (Å²) in [4.78, 5) is 0. The lowest BCUT2D eigenvalue weighted by Crippen LogP contribution is -2.52. The van der Waals surface area contributed by atoms with Crippen molar-refractivity contribution in [1.29, 1.82) is 0 Å². The second kappa shape index (κ2) is 5.45. The van der Waals surface area contributed by atoms with E-state index < -0.39 is 37.3 Å². The van der Waals surface area contributed by atoms with Crippen LogP contribution >= 0.6 is 0 Å². The van der Waals surface area contributed by atoms with E-state index in [9.17, 15) is 0 Å². The maximum atomic E-state index is 9.05. The van der Waals surface area contributed by atoms with Gasteiger partial charge in [0, 0.05) is 0 Å². The highest BCUT2D eigenvalue weighted by molar-refractivity contribution is 4.82. The van der Waals surface area contributed by atoms with Crippen molar-refractivity contribution in [1.82, 2.24) is 0 Å². The highest BCUT2D eigenvalue weighted by atomic mass is 16.4. The summed E-state index contributed by atoms with van der Waals surface area (Å²) in [5, 5.41) is 52.8. The Hall–Kier alpha value is -0.280. The molecule has 0 spiro atoms. The van der Waals surface area contributed by atoms with Gasteiger partial charge in [-0.05, 0) is 0 Å². The Labute approximate surface area is 74.7 Å². The maximum Gasteiger partial charge on any atom is 0.131 e. The molecule has 0 aromatic carbocycles. The van der Waals surface area contributed by atoms with Gasteiger partial charge in [0.15, 0.2) is 0 Å². The first-order chi connectivity index (χ1) is 5.91. The Balaban J connectivity index is 4.15. The fourth-order valence-electron chi connectivity index (χ4n) is 0.740. The van der Waals surface area contributed by atoms with E-state index in [-0.39, 0.29) is 0 Å². The monoisotopic (exact) mass is 197 g/mol. The van der Waals surface area contributed by atoms with E-state index in [0.717, 1.165) is 0 Å². The average molecular weight is 197 g/mol. The summed E-state index contributed by atoms with van der Waals surface area (Å²) in [6.07, 6.45) is -8.68. The van der Waals surface area contributed by atoms with Crippen molar-refractivity contribution in [2.75, 3.05) is 6.61 Å². The molecule has 0 aliphatic rings. The van der Waals surface area contributed by atoms with Crippen LogP contribution in [-0.2, 0) is 0 Å². The smallest absolute Gasteiger partial charge is 0.131 e. The summed E-state index contributed by atoms with van der Waals surface area (Å²) in [6.45, 7) is -0.772. The molecule has 0 amide bonds. The lowest BCUT2D eigenvalue weighted by molar-refractivity contribution is -0.139. The molecule has 0 aromatic heterocycles. The van der Waals surface area contributed by atoms with Crippen molar-refractivity contribution >= 4 is 0 Å². The van der Waals surface area contributed by atoms with E-state index >= 15 is 0 Å². The fraction of sp³-hybridized carbons (Fsp3) is 1.00. The van der Waals surface area contributed by atoms with Gasteiger partial charge in [0.2, 0.25) is 0 Å². The molecule has 0 heterocycles. The highest BCUT2D eigenvalue weighted by Gasteiger charge is 2.32. The number of rotatable bonds is 5. The van der Waals surface area contributed by atoms with E-state index in [0.29, 0.717) is 0 Å². The highest BCUT2D eigenvalue weighted by Crippen LogP contribution is 2.05. The van der Waals surface area contributed by atoms with Crippen molar-refractivity contribution in [2.24, 2.45) is 5.73 Å². The molecule has 7 nitrogen and oxygen atoms in total. The molecule has 0 aliphatic carbocycles. The van der Waals surface area contributed by atoms with Crippen molar-refractivity contribution in [3.8, 4) is 0 Å². The van der Waals surface area contributed by atoms with Crippen LogP contribution in [0.3, 0.4) is 0 Å². The van der Waals surface area contributed by atoms with E-state index in [2.05, 4.69) is 0 Å². The molecule has 13 heavy (non-hydrogen) atoms. The third-order valence-corrected chi connectivity index (χ3v) is 1.63. The van der Waals surface area contributed by atoms with Crippen LogP contribution in [0.2, 0.25) is 0 Å². The molecule has 0 radical (unpaired) electrons. The summed E-state index contributed by atoms with van der Waals surface area (Å²) in [7, 11) is 0. The molecular weight excluding hydrogens is 182 g/mol. The lowest BCUT2D eigenvalue weighted by Gasteiger charge is -2.26. The first-order valence-corrected chi connectivity index (χ1v) is 3.68. The number of nitrogens with two attached hydrogens (primary N) is 1. The van der Waals surface area contributed by atoms with Gasteiger partial charge in [0.1, 0.15) is 30.6 Å². The first kappa shape index (κ1) is 12.7. The van der Waals surface area contributed by atoms with Crippen molar-refractivity contribution < 1.29 is 30.6 Å². The van der Waals surface area contributed by atoms with Gasteiger partial charge in [-0.1, -0.05) is 0 Å². The average Bonchev–Trinajstić information content (AvgIpc) is 2.12. The van der Waals surface area contributed by atoms with Crippen LogP contribution in [0.5, 0.6) is 0 Å². The largest absolute Gasteiger partial charge is 0.394 e. The predicted molar refractivity (Wildman–Crippen MR) is 41.3 cm³/mol.